The van der Waals surface area contributed by atoms with Crippen molar-refractivity contribution in [3.63, 3.8) is 0 Å². The number of rotatable bonds is 4. The van der Waals surface area contributed by atoms with Crippen molar-refractivity contribution in [2.75, 3.05) is 7.11 Å². The van der Waals surface area contributed by atoms with Crippen LogP contribution in [-0.2, 0) is 16.8 Å². The van der Waals surface area contributed by atoms with Crippen LogP contribution in [0.1, 0.15) is 50.2 Å². The molecule has 1 aromatic heterocycles. The van der Waals surface area contributed by atoms with Crippen molar-refractivity contribution in [2.24, 2.45) is 0 Å². The van der Waals surface area contributed by atoms with E-state index in [9.17, 15) is 0 Å². The van der Waals surface area contributed by atoms with Gasteiger partial charge in [0.1, 0.15) is 5.60 Å². The first-order valence-electron chi connectivity index (χ1n) is 6.06. The Morgan fingerprint density at radius 1 is 1.41 bits per heavy atom. The highest BCUT2D eigenvalue weighted by Gasteiger charge is 2.38. The van der Waals surface area contributed by atoms with E-state index in [0.29, 0.717) is 24.6 Å². The molecule has 17 heavy (non-hydrogen) atoms. The first-order chi connectivity index (χ1) is 8.30. The fourth-order valence-corrected chi connectivity index (χ4v) is 2.35. The summed E-state index contributed by atoms with van der Waals surface area (Å²) in [6.45, 7) is 0. The van der Waals surface area contributed by atoms with Gasteiger partial charge in [0.15, 0.2) is 0 Å². The zero-order valence-corrected chi connectivity index (χ0v) is 10.1. The highest BCUT2D eigenvalue weighted by Crippen LogP contribution is 2.38. The van der Waals surface area contributed by atoms with Crippen LogP contribution in [-0.4, -0.2) is 17.3 Å². The molecule has 0 aromatic carbocycles. The summed E-state index contributed by atoms with van der Waals surface area (Å²) in [6.07, 6.45) is 6.32. The molecule has 0 aliphatic heterocycles. The van der Waals surface area contributed by atoms with Crippen LogP contribution < -0.4 is 0 Å². The van der Waals surface area contributed by atoms with Crippen molar-refractivity contribution < 1.29 is 9.26 Å². The van der Waals surface area contributed by atoms with E-state index in [0.717, 1.165) is 25.7 Å². The van der Waals surface area contributed by atoms with Crippen LogP contribution in [0.15, 0.2) is 4.52 Å². The van der Waals surface area contributed by atoms with Gasteiger partial charge in [-0.25, -0.2) is 0 Å². The highest BCUT2D eigenvalue weighted by atomic mass is 16.5. The van der Waals surface area contributed by atoms with Gasteiger partial charge < -0.3 is 9.26 Å². The van der Waals surface area contributed by atoms with Crippen molar-refractivity contribution >= 4 is 0 Å². The summed E-state index contributed by atoms with van der Waals surface area (Å²) in [5.74, 6) is 1.18. The van der Waals surface area contributed by atoms with Crippen LogP contribution >= 0.6 is 0 Å². The van der Waals surface area contributed by atoms with Crippen molar-refractivity contribution in [2.45, 2.75) is 50.5 Å². The predicted molar refractivity (Wildman–Crippen MR) is 60.0 cm³/mol. The highest BCUT2D eigenvalue weighted by molar-refractivity contribution is 5.03. The molecule has 1 saturated carbocycles. The molecule has 1 aromatic rings. The standard InChI is InChI=1S/C12H17N3O2/c1-16-12(7-3-2-4-8-12)11-14-10(17-15-11)6-5-9-13/h2-8H2,1H3. The van der Waals surface area contributed by atoms with Gasteiger partial charge in [-0.05, 0) is 12.8 Å². The van der Waals surface area contributed by atoms with Crippen molar-refractivity contribution in [1.82, 2.24) is 10.1 Å². The topological polar surface area (TPSA) is 71.9 Å². The monoisotopic (exact) mass is 235 g/mol. The number of hydrogen-bond donors (Lipinski definition) is 0. The van der Waals surface area contributed by atoms with E-state index >= 15 is 0 Å². The molecule has 1 fully saturated rings. The molecule has 5 heteroatoms. The van der Waals surface area contributed by atoms with E-state index in [1.54, 1.807) is 7.11 Å². The van der Waals surface area contributed by atoms with Crippen molar-refractivity contribution in [3.05, 3.63) is 11.7 Å². The molecule has 1 aliphatic carbocycles. The molecule has 5 nitrogen and oxygen atoms in total. The van der Waals surface area contributed by atoms with E-state index in [-0.39, 0.29) is 5.60 Å². The number of nitrogens with zero attached hydrogens (tertiary/aromatic N) is 3. The summed E-state index contributed by atoms with van der Waals surface area (Å²) in [7, 11) is 1.70. The minimum Gasteiger partial charge on any atom is -0.370 e. The Balaban J connectivity index is 2.14. The SMILES string of the molecule is COC1(c2noc(CCC#N)n2)CCCCC1. The van der Waals surface area contributed by atoms with E-state index < -0.39 is 0 Å². The minimum atomic E-state index is -0.368. The Hall–Kier alpha value is -1.41. The average Bonchev–Trinajstić information content (AvgIpc) is 2.86. The summed E-state index contributed by atoms with van der Waals surface area (Å²) < 4.78 is 10.8. The predicted octanol–water partition coefficient (Wildman–Crippen LogP) is 2.33. The third kappa shape index (κ3) is 2.47. The smallest absolute Gasteiger partial charge is 0.227 e. The third-order valence-corrected chi connectivity index (χ3v) is 3.38. The van der Waals surface area contributed by atoms with Crippen molar-refractivity contribution in [1.29, 1.82) is 5.26 Å². The Morgan fingerprint density at radius 2 is 2.18 bits per heavy atom. The van der Waals surface area contributed by atoms with Gasteiger partial charge in [0, 0.05) is 20.0 Å². The van der Waals surface area contributed by atoms with E-state index in [1.165, 1.54) is 6.42 Å². The Morgan fingerprint density at radius 3 is 2.82 bits per heavy atom. The summed E-state index contributed by atoms with van der Waals surface area (Å²) in [5, 5.41) is 12.5. The second-order valence-electron chi connectivity index (χ2n) is 4.43. The lowest BCUT2D eigenvalue weighted by atomic mass is 9.84. The molecule has 0 spiro atoms. The molecular weight excluding hydrogens is 218 g/mol. The molecule has 0 bridgehead atoms. The molecule has 0 saturated heterocycles. The summed E-state index contributed by atoms with van der Waals surface area (Å²) in [6, 6.07) is 2.07. The lowest BCUT2D eigenvalue weighted by Crippen LogP contribution is -2.32. The molecule has 92 valence electrons. The maximum absolute atomic E-state index is 8.52. The fourth-order valence-electron chi connectivity index (χ4n) is 2.35. The normalized spacial score (nSPS) is 18.8. The fraction of sp³-hybridized carbons (Fsp3) is 0.750. The number of hydrogen-bond acceptors (Lipinski definition) is 5. The van der Waals surface area contributed by atoms with Crippen LogP contribution in [0.5, 0.6) is 0 Å². The van der Waals surface area contributed by atoms with Crippen LogP contribution in [0.2, 0.25) is 0 Å². The average molecular weight is 235 g/mol. The number of aromatic nitrogens is 2. The quantitative estimate of drug-likeness (QED) is 0.800. The third-order valence-electron chi connectivity index (χ3n) is 3.38. The van der Waals surface area contributed by atoms with Gasteiger partial charge in [-0.15, -0.1) is 0 Å². The zero-order valence-electron chi connectivity index (χ0n) is 10.1. The lowest BCUT2D eigenvalue weighted by molar-refractivity contribution is -0.0527. The Labute approximate surface area is 101 Å². The minimum absolute atomic E-state index is 0.368. The van der Waals surface area contributed by atoms with Crippen molar-refractivity contribution in [3.8, 4) is 6.07 Å². The second-order valence-corrected chi connectivity index (χ2v) is 4.43. The zero-order chi connectivity index (χ0) is 12.1. The van der Waals surface area contributed by atoms with Gasteiger partial charge in [0.2, 0.25) is 11.7 Å². The Kier molecular flexibility index (Phi) is 3.75. The summed E-state index contributed by atoms with van der Waals surface area (Å²) in [4.78, 5) is 4.36. The van der Waals surface area contributed by atoms with E-state index in [1.807, 2.05) is 0 Å². The Bertz CT molecular complexity index is 402. The lowest BCUT2D eigenvalue weighted by Gasteiger charge is -2.32. The maximum atomic E-state index is 8.52. The first-order valence-corrected chi connectivity index (χ1v) is 6.06. The molecule has 0 amide bonds. The van der Waals surface area contributed by atoms with Gasteiger partial charge in [0.25, 0.3) is 0 Å². The second kappa shape index (κ2) is 5.28. The first kappa shape index (κ1) is 12.1. The summed E-state index contributed by atoms with van der Waals surface area (Å²) in [5.41, 5.74) is -0.368. The van der Waals surface area contributed by atoms with Crippen LogP contribution in [0.4, 0.5) is 0 Å². The molecular formula is C12H17N3O2. The molecule has 0 unspecified atom stereocenters. The molecule has 2 rings (SSSR count). The number of aryl methyl sites for hydroxylation is 1. The van der Waals surface area contributed by atoms with Gasteiger partial charge >= 0.3 is 0 Å². The van der Waals surface area contributed by atoms with Crippen LogP contribution in [0, 0.1) is 11.3 Å². The van der Waals surface area contributed by atoms with Crippen LogP contribution in [0.25, 0.3) is 0 Å². The number of methoxy groups -OCH3 is 1. The van der Waals surface area contributed by atoms with E-state index in [2.05, 4.69) is 16.2 Å². The maximum Gasteiger partial charge on any atom is 0.227 e. The molecule has 0 radical (unpaired) electrons. The molecule has 1 heterocycles. The number of nitriles is 1. The number of ether oxygens (including phenoxy) is 1. The van der Waals surface area contributed by atoms with Gasteiger partial charge in [0.05, 0.1) is 6.07 Å². The van der Waals surface area contributed by atoms with Gasteiger partial charge in [-0.1, -0.05) is 24.4 Å². The largest absolute Gasteiger partial charge is 0.370 e. The van der Waals surface area contributed by atoms with Gasteiger partial charge in [-0.2, -0.15) is 10.2 Å². The molecule has 0 atom stereocenters. The van der Waals surface area contributed by atoms with Crippen LogP contribution in [0.3, 0.4) is 0 Å². The molecule has 1 aliphatic rings. The van der Waals surface area contributed by atoms with Gasteiger partial charge in [-0.3, -0.25) is 0 Å². The van der Waals surface area contributed by atoms with E-state index in [4.69, 9.17) is 14.5 Å². The molecule has 0 N–H and O–H groups in total. The summed E-state index contributed by atoms with van der Waals surface area (Å²) >= 11 is 0.